The van der Waals surface area contributed by atoms with E-state index in [2.05, 4.69) is 11.2 Å². The van der Waals surface area contributed by atoms with Gasteiger partial charge in [0.2, 0.25) is 5.91 Å². The minimum Gasteiger partial charge on any atom is -0.381 e. The van der Waals surface area contributed by atoms with Crippen LogP contribution in [0.5, 0.6) is 0 Å². The lowest BCUT2D eigenvalue weighted by atomic mass is 10.1. The maximum Gasteiger partial charge on any atom is 0.236 e. The predicted octanol–water partition coefficient (Wildman–Crippen LogP) is 0.237. The summed E-state index contributed by atoms with van der Waals surface area (Å²) in [5.41, 5.74) is 0. The van der Waals surface area contributed by atoms with E-state index in [0.717, 1.165) is 39.0 Å². The van der Waals surface area contributed by atoms with Crippen molar-refractivity contribution < 1.29 is 9.53 Å². The van der Waals surface area contributed by atoms with Gasteiger partial charge in [0.25, 0.3) is 0 Å². The Kier molecular flexibility index (Phi) is 4.41. The molecule has 1 N–H and O–H groups in total. The van der Waals surface area contributed by atoms with Gasteiger partial charge in [-0.15, -0.1) is 6.42 Å². The van der Waals surface area contributed by atoms with E-state index in [-0.39, 0.29) is 5.91 Å². The van der Waals surface area contributed by atoms with Crippen molar-refractivity contribution in [3.63, 3.8) is 0 Å². The zero-order valence-corrected chi connectivity index (χ0v) is 10.2. The molecule has 0 bridgehead atoms. The van der Waals surface area contributed by atoms with E-state index in [1.54, 1.807) is 0 Å². The Morgan fingerprint density at radius 3 is 2.88 bits per heavy atom. The first-order valence-electron chi connectivity index (χ1n) is 6.32. The molecule has 17 heavy (non-hydrogen) atoms. The average Bonchev–Trinajstić information content (AvgIpc) is 3.03. The van der Waals surface area contributed by atoms with Crippen molar-refractivity contribution in [2.24, 2.45) is 5.92 Å². The molecule has 2 fully saturated rings. The summed E-state index contributed by atoms with van der Waals surface area (Å²) in [6, 6.07) is 0.468. The second kappa shape index (κ2) is 6.04. The average molecular weight is 236 g/mol. The summed E-state index contributed by atoms with van der Waals surface area (Å²) in [5, 5.41) is 2.96. The van der Waals surface area contributed by atoms with Crippen LogP contribution >= 0.6 is 0 Å². The molecule has 0 aromatic rings. The molecule has 1 amide bonds. The van der Waals surface area contributed by atoms with Crippen LogP contribution in [0.1, 0.15) is 19.3 Å². The lowest BCUT2D eigenvalue weighted by molar-refractivity contribution is -0.131. The second-order valence-electron chi connectivity index (χ2n) is 4.81. The van der Waals surface area contributed by atoms with E-state index in [0.29, 0.717) is 25.0 Å². The molecule has 0 spiro atoms. The van der Waals surface area contributed by atoms with E-state index >= 15 is 0 Å². The van der Waals surface area contributed by atoms with Gasteiger partial charge in [0.05, 0.1) is 19.7 Å². The molecule has 1 heterocycles. The van der Waals surface area contributed by atoms with Crippen molar-refractivity contribution in [3.05, 3.63) is 0 Å². The third-order valence-corrected chi connectivity index (χ3v) is 3.29. The van der Waals surface area contributed by atoms with Crippen LogP contribution in [0.4, 0.5) is 0 Å². The molecule has 1 atom stereocenters. The fraction of sp³-hybridized carbons (Fsp3) is 0.769. The Hall–Kier alpha value is -1.05. The minimum atomic E-state index is 0.176. The van der Waals surface area contributed by atoms with Crippen molar-refractivity contribution in [1.29, 1.82) is 0 Å². The highest BCUT2D eigenvalue weighted by Crippen LogP contribution is 2.28. The Balaban J connectivity index is 1.79. The first-order chi connectivity index (χ1) is 8.31. The number of hydrogen-bond donors (Lipinski definition) is 1. The van der Waals surface area contributed by atoms with Gasteiger partial charge in [-0.3, -0.25) is 10.1 Å². The molecule has 1 unspecified atom stereocenters. The Bertz CT molecular complexity index is 301. The minimum absolute atomic E-state index is 0.176. The number of ether oxygens (including phenoxy) is 1. The highest BCUT2D eigenvalue weighted by molar-refractivity contribution is 5.79. The van der Waals surface area contributed by atoms with Gasteiger partial charge in [0.15, 0.2) is 0 Å². The molecule has 2 aliphatic rings. The summed E-state index contributed by atoms with van der Waals surface area (Å²) in [7, 11) is 0. The monoisotopic (exact) mass is 236 g/mol. The van der Waals surface area contributed by atoms with E-state index in [1.807, 2.05) is 4.90 Å². The molecule has 0 radical (unpaired) electrons. The summed E-state index contributed by atoms with van der Waals surface area (Å²) in [4.78, 5) is 14.1. The van der Waals surface area contributed by atoms with Crippen molar-refractivity contribution in [3.8, 4) is 12.3 Å². The lowest BCUT2D eigenvalue weighted by Gasteiger charge is -2.25. The lowest BCUT2D eigenvalue weighted by Crippen LogP contribution is -2.42. The summed E-state index contributed by atoms with van der Waals surface area (Å²) in [5.74, 6) is 3.17. The molecule has 0 aromatic carbocycles. The fourth-order valence-corrected chi connectivity index (χ4v) is 2.19. The zero-order valence-electron chi connectivity index (χ0n) is 10.2. The van der Waals surface area contributed by atoms with Crippen molar-refractivity contribution in [1.82, 2.24) is 10.2 Å². The zero-order chi connectivity index (χ0) is 12.1. The van der Waals surface area contributed by atoms with Gasteiger partial charge in [-0.25, -0.2) is 0 Å². The smallest absolute Gasteiger partial charge is 0.236 e. The van der Waals surface area contributed by atoms with Crippen LogP contribution in [-0.4, -0.2) is 49.7 Å². The number of rotatable bonds is 6. The summed E-state index contributed by atoms with van der Waals surface area (Å²) in [6.45, 7) is 3.30. The van der Waals surface area contributed by atoms with E-state index in [1.165, 1.54) is 0 Å². The second-order valence-corrected chi connectivity index (χ2v) is 4.81. The molecule has 2 rings (SSSR count). The molecule has 1 aliphatic heterocycles. The first kappa shape index (κ1) is 12.4. The normalized spacial score (nSPS) is 23.4. The maximum atomic E-state index is 12.0. The Morgan fingerprint density at radius 2 is 2.29 bits per heavy atom. The highest BCUT2D eigenvalue weighted by atomic mass is 16.5. The van der Waals surface area contributed by atoms with Gasteiger partial charge < -0.3 is 9.64 Å². The largest absolute Gasteiger partial charge is 0.381 e. The molecule has 1 saturated carbocycles. The molecule has 0 aromatic heterocycles. The molecule has 4 nitrogen and oxygen atoms in total. The number of nitrogens with one attached hydrogen (secondary N) is 1. The summed E-state index contributed by atoms with van der Waals surface area (Å²) in [6.07, 6.45) is 8.51. The molecular formula is C13H20N2O2. The van der Waals surface area contributed by atoms with Crippen LogP contribution in [-0.2, 0) is 9.53 Å². The van der Waals surface area contributed by atoms with Crippen molar-refractivity contribution in [2.75, 3.05) is 32.8 Å². The predicted molar refractivity (Wildman–Crippen MR) is 65.4 cm³/mol. The summed E-state index contributed by atoms with van der Waals surface area (Å²) >= 11 is 0. The molecular weight excluding hydrogens is 216 g/mol. The number of nitrogens with zero attached hydrogens (tertiary/aromatic N) is 1. The third kappa shape index (κ3) is 3.72. The molecule has 4 heteroatoms. The van der Waals surface area contributed by atoms with Crippen LogP contribution in [0.3, 0.4) is 0 Å². The fourth-order valence-electron chi connectivity index (χ4n) is 2.19. The number of carbonyl (C=O) groups excluding carboxylic acids is 1. The van der Waals surface area contributed by atoms with Gasteiger partial charge in [0, 0.05) is 25.1 Å². The topological polar surface area (TPSA) is 41.6 Å². The van der Waals surface area contributed by atoms with Gasteiger partial charge in [-0.2, -0.15) is 0 Å². The number of terminal acetylenes is 1. The number of carbonyl (C=O) groups is 1. The maximum absolute atomic E-state index is 12.0. The number of hydrogen-bond acceptors (Lipinski definition) is 3. The molecule has 1 aliphatic carbocycles. The number of amides is 1. The van der Waals surface area contributed by atoms with Gasteiger partial charge in [0.1, 0.15) is 0 Å². The van der Waals surface area contributed by atoms with Crippen LogP contribution in [0.2, 0.25) is 0 Å². The van der Waals surface area contributed by atoms with E-state index in [9.17, 15) is 4.79 Å². The van der Waals surface area contributed by atoms with Crippen LogP contribution in [0.15, 0.2) is 0 Å². The first-order valence-corrected chi connectivity index (χ1v) is 6.32. The van der Waals surface area contributed by atoms with Crippen molar-refractivity contribution >= 4 is 5.91 Å². The molecule has 1 saturated heterocycles. The quantitative estimate of drug-likeness (QED) is 0.530. The van der Waals surface area contributed by atoms with E-state index in [4.69, 9.17) is 11.2 Å². The SMILES string of the molecule is C#CCNCC(=O)N(CC1CCOC1)C1CC1. The standard InChI is InChI=1S/C13H20N2O2/c1-2-6-14-8-13(16)15(12-3-4-12)9-11-5-7-17-10-11/h1,11-12,14H,3-10H2. The Morgan fingerprint density at radius 1 is 1.47 bits per heavy atom. The Labute approximate surface area is 103 Å². The van der Waals surface area contributed by atoms with Gasteiger partial charge in [-0.1, -0.05) is 5.92 Å². The third-order valence-electron chi connectivity index (χ3n) is 3.29. The van der Waals surface area contributed by atoms with Gasteiger partial charge >= 0.3 is 0 Å². The summed E-state index contributed by atoms with van der Waals surface area (Å²) < 4.78 is 5.36. The van der Waals surface area contributed by atoms with Crippen LogP contribution < -0.4 is 5.32 Å². The van der Waals surface area contributed by atoms with E-state index < -0.39 is 0 Å². The van der Waals surface area contributed by atoms with Crippen molar-refractivity contribution in [2.45, 2.75) is 25.3 Å². The highest BCUT2D eigenvalue weighted by Gasteiger charge is 2.34. The van der Waals surface area contributed by atoms with Crippen LogP contribution in [0, 0.1) is 18.3 Å². The van der Waals surface area contributed by atoms with Crippen LogP contribution in [0.25, 0.3) is 0 Å². The van der Waals surface area contributed by atoms with Gasteiger partial charge in [-0.05, 0) is 19.3 Å². The molecule has 94 valence electrons.